The Morgan fingerprint density at radius 1 is 0.519 bits per heavy atom. The summed E-state index contributed by atoms with van der Waals surface area (Å²) in [7, 11) is -0.173. The second-order valence-corrected chi connectivity index (χ2v) is 6.96. The highest BCUT2D eigenvalue weighted by Crippen LogP contribution is 2.47. The highest BCUT2D eigenvalue weighted by molar-refractivity contribution is 6.76. The van der Waals surface area contributed by atoms with E-state index in [2.05, 4.69) is 95.8 Å². The van der Waals surface area contributed by atoms with Gasteiger partial charge in [-0.2, -0.15) is 0 Å². The third-order valence-electron chi connectivity index (χ3n) is 5.50. The van der Waals surface area contributed by atoms with E-state index in [1.165, 1.54) is 33.4 Å². The Labute approximate surface area is 158 Å². The SMILES string of the molecule is c1ccc2c(c1)OB1c3ccccc3-c3ccccc3-c3ccccc3N12. The summed E-state index contributed by atoms with van der Waals surface area (Å²) in [5.41, 5.74) is 8.44. The standard InChI is InChI=1S/C24H16BNO/c1-2-10-18-17(9-1)19-11-3-5-13-21(19)25-26(22-14-6-4-12-20(18)22)23-15-7-8-16-24(23)27-25/h1-16H. The Morgan fingerprint density at radius 2 is 1.07 bits per heavy atom. The Balaban J connectivity index is 1.76. The summed E-state index contributed by atoms with van der Waals surface area (Å²) in [6.07, 6.45) is 0. The molecule has 0 fully saturated rings. The zero-order valence-electron chi connectivity index (χ0n) is 14.7. The van der Waals surface area contributed by atoms with Crippen LogP contribution >= 0.6 is 0 Å². The molecule has 0 atom stereocenters. The molecule has 126 valence electrons. The van der Waals surface area contributed by atoms with E-state index >= 15 is 0 Å². The monoisotopic (exact) mass is 345 g/mol. The van der Waals surface area contributed by atoms with Crippen LogP contribution in [0.5, 0.6) is 5.75 Å². The summed E-state index contributed by atoms with van der Waals surface area (Å²) < 4.78 is 6.47. The Morgan fingerprint density at radius 3 is 1.89 bits per heavy atom. The molecule has 0 amide bonds. The normalized spacial score (nSPS) is 13.3. The number of hydrogen-bond donors (Lipinski definition) is 0. The first-order valence-electron chi connectivity index (χ1n) is 9.24. The van der Waals surface area contributed by atoms with Gasteiger partial charge in [-0.15, -0.1) is 0 Å². The van der Waals surface area contributed by atoms with E-state index in [-0.39, 0.29) is 7.05 Å². The molecule has 0 unspecified atom stereocenters. The largest absolute Gasteiger partial charge is 0.536 e. The quantitative estimate of drug-likeness (QED) is 0.403. The molecular weight excluding hydrogens is 329 g/mol. The maximum absolute atomic E-state index is 6.47. The van der Waals surface area contributed by atoms with Gasteiger partial charge in [0.15, 0.2) is 0 Å². The van der Waals surface area contributed by atoms with Crippen LogP contribution in [0.3, 0.4) is 0 Å². The number of nitrogens with zero attached hydrogens (tertiary/aromatic N) is 1. The van der Waals surface area contributed by atoms with Crippen molar-refractivity contribution in [1.29, 1.82) is 0 Å². The number of hydrogen-bond acceptors (Lipinski definition) is 2. The van der Waals surface area contributed by atoms with Crippen molar-refractivity contribution in [3.8, 4) is 28.0 Å². The molecule has 0 aromatic heterocycles. The first kappa shape index (κ1) is 14.7. The van der Waals surface area contributed by atoms with Gasteiger partial charge in [0.25, 0.3) is 0 Å². The van der Waals surface area contributed by atoms with Gasteiger partial charge in [0.2, 0.25) is 0 Å². The Kier molecular flexibility index (Phi) is 3.00. The number of para-hydroxylation sites is 3. The van der Waals surface area contributed by atoms with Crippen LogP contribution in [0.15, 0.2) is 97.1 Å². The predicted molar refractivity (Wildman–Crippen MR) is 112 cm³/mol. The molecular formula is C24H16BNO. The molecule has 0 saturated carbocycles. The highest BCUT2D eigenvalue weighted by Gasteiger charge is 2.42. The maximum atomic E-state index is 6.47. The fraction of sp³-hybridized carbons (Fsp3) is 0. The van der Waals surface area contributed by atoms with Crippen molar-refractivity contribution in [2.45, 2.75) is 0 Å². The van der Waals surface area contributed by atoms with Crippen molar-refractivity contribution < 1.29 is 4.65 Å². The van der Waals surface area contributed by atoms with Crippen molar-refractivity contribution in [3.05, 3.63) is 97.1 Å². The number of anilines is 2. The average molecular weight is 345 g/mol. The van der Waals surface area contributed by atoms with E-state index in [1.807, 2.05) is 6.07 Å². The van der Waals surface area contributed by atoms with Crippen LogP contribution in [0.2, 0.25) is 0 Å². The van der Waals surface area contributed by atoms with Gasteiger partial charge in [0.05, 0.1) is 5.69 Å². The Bertz CT molecular complexity index is 1190. The molecule has 0 bridgehead atoms. The third kappa shape index (κ3) is 2.03. The minimum atomic E-state index is -0.173. The molecule has 2 aliphatic heterocycles. The molecule has 4 aromatic rings. The number of benzene rings is 4. The second kappa shape index (κ2) is 5.52. The number of fused-ring (bicyclic) bond motifs is 10. The molecule has 0 aliphatic carbocycles. The smallest absolute Gasteiger partial charge is 0.524 e. The van der Waals surface area contributed by atoms with Gasteiger partial charge in [-0.1, -0.05) is 78.9 Å². The van der Waals surface area contributed by atoms with Crippen molar-refractivity contribution in [3.63, 3.8) is 0 Å². The summed E-state index contributed by atoms with van der Waals surface area (Å²) in [6.45, 7) is 0. The number of rotatable bonds is 0. The molecule has 0 spiro atoms. The summed E-state index contributed by atoms with van der Waals surface area (Å²) in [6, 6.07) is 34.2. The molecule has 27 heavy (non-hydrogen) atoms. The second-order valence-electron chi connectivity index (χ2n) is 6.96. The summed E-state index contributed by atoms with van der Waals surface area (Å²) >= 11 is 0. The summed E-state index contributed by atoms with van der Waals surface area (Å²) in [5.74, 6) is 0.929. The van der Waals surface area contributed by atoms with Gasteiger partial charge in [0.1, 0.15) is 5.75 Å². The fourth-order valence-electron chi connectivity index (χ4n) is 4.34. The molecule has 0 saturated heterocycles. The van der Waals surface area contributed by atoms with E-state index in [0.29, 0.717) is 0 Å². The van der Waals surface area contributed by atoms with Crippen LogP contribution < -0.4 is 14.9 Å². The summed E-state index contributed by atoms with van der Waals surface area (Å²) in [4.78, 5) is 2.33. The van der Waals surface area contributed by atoms with E-state index < -0.39 is 0 Å². The van der Waals surface area contributed by atoms with Crippen molar-refractivity contribution in [1.82, 2.24) is 0 Å². The molecule has 2 nitrogen and oxygen atoms in total. The van der Waals surface area contributed by atoms with Gasteiger partial charge in [-0.25, -0.2) is 0 Å². The average Bonchev–Trinajstić information content (AvgIpc) is 3.12. The van der Waals surface area contributed by atoms with Gasteiger partial charge < -0.3 is 9.47 Å². The molecule has 3 heteroatoms. The topological polar surface area (TPSA) is 12.5 Å². The van der Waals surface area contributed by atoms with Crippen LogP contribution in [0.4, 0.5) is 11.4 Å². The van der Waals surface area contributed by atoms with E-state index in [1.54, 1.807) is 0 Å². The first-order chi connectivity index (χ1) is 13.4. The molecule has 4 aromatic carbocycles. The van der Waals surface area contributed by atoms with Crippen LogP contribution in [0.1, 0.15) is 0 Å². The van der Waals surface area contributed by atoms with Gasteiger partial charge in [-0.3, -0.25) is 0 Å². The molecule has 0 N–H and O–H groups in total. The first-order valence-corrected chi connectivity index (χ1v) is 9.24. The lowest BCUT2D eigenvalue weighted by atomic mass is 9.66. The van der Waals surface area contributed by atoms with Crippen LogP contribution in [0, 0.1) is 0 Å². The van der Waals surface area contributed by atoms with Gasteiger partial charge in [-0.05, 0) is 40.4 Å². The lowest BCUT2D eigenvalue weighted by molar-refractivity contribution is 0.603. The zero-order valence-corrected chi connectivity index (χ0v) is 14.7. The predicted octanol–water partition coefficient (Wildman–Crippen LogP) is 5.26. The van der Waals surface area contributed by atoms with E-state index in [0.717, 1.165) is 11.4 Å². The highest BCUT2D eigenvalue weighted by atomic mass is 16.5. The maximum Gasteiger partial charge on any atom is 0.524 e. The fourth-order valence-corrected chi connectivity index (χ4v) is 4.34. The lowest BCUT2D eigenvalue weighted by Crippen LogP contribution is -2.48. The molecule has 2 heterocycles. The van der Waals surface area contributed by atoms with Crippen molar-refractivity contribution >= 4 is 23.9 Å². The van der Waals surface area contributed by atoms with Crippen LogP contribution in [-0.4, -0.2) is 7.05 Å². The zero-order chi connectivity index (χ0) is 17.8. The Hall–Kier alpha value is -3.46. The molecule has 0 radical (unpaired) electrons. The van der Waals surface area contributed by atoms with E-state index in [4.69, 9.17) is 4.65 Å². The van der Waals surface area contributed by atoms with Gasteiger partial charge >= 0.3 is 7.05 Å². The lowest BCUT2D eigenvalue weighted by Gasteiger charge is -2.29. The summed E-state index contributed by atoms with van der Waals surface area (Å²) in [5, 5.41) is 0. The van der Waals surface area contributed by atoms with Crippen molar-refractivity contribution in [2.24, 2.45) is 0 Å². The van der Waals surface area contributed by atoms with E-state index in [9.17, 15) is 0 Å². The minimum Gasteiger partial charge on any atom is -0.536 e. The van der Waals surface area contributed by atoms with Gasteiger partial charge in [0, 0.05) is 11.3 Å². The van der Waals surface area contributed by atoms with Crippen LogP contribution in [-0.2, 0) is 0 Å². The van der Waals surface area contributed by atoms with Crippen molar-refractivity contribution in [2.75, 3.05) is 4.81 Å². The molecule has 2 aliphatic rings. The van der Waals surface area contributed by atoms with Crippen LogP contribution in [0.25, 0.3) is 22.3 Å². The minimum absolute atomic E-state index is 0.173. The molecule has 6 rings (SSSR count). The third-order valence-corrected chi connectivity index (χ3v) is 5.50.